The molecule has 2 N–H and O–H groups in total. The van der Waals surface area contributed by atoms with Crippen molar-refractivity contribution in [3.8, 4) is 11.3 Å². The van der Waals surface area contributed by atoms with Gasteiger partial charge in [-0.1, -0.05) is 30.3 Å². The Bertz CT molecular complexity index is 484. The molecule has 2 rings (SSSR count). The highest BCUT2D eigenvalue weighted by molar-refractivity contribution is 7.09. The van der Waals surface area contributed by atoms with E-state index in [-0.39, 0.29) is 6.04 Å². The standard InChI is InChI=1S/C15H20N2OS/c1-18-9-5-8-13(16)10-15-17-14(11-19-15)12-6-3-2-4-7-12/h2-4,6-7,11,13H,5,8-10,16H2,1H3. The van der Waals surface area contributed by atoms with Crippen LogP contribution < -0.4 is 5.73 Å². The third-order valence-corrected chi connectivity index (χ3v) is 3.85. The summed E-state index contributed by atoms with van der Waals surface area (Å²) in [5, 5.41) is 3.22. The smallest absolute Gasteiger partial charge is 0.0948 e. The van der Waals surface area contributed by atoms with Gasteiger partial charge >= 0.3 is 0 Å². The molecule has 1 heterocycles. The minimum atomic E-state index is 0.171. The quantitative estimate of drug-likeness (QED) is 0.790. The van der Waals surface area contributed by atoms with E-state index in [1.807, 2.05) is 18.2 Å². The molecule has 0 bridgehead atoms. The first kappa shape index (κ1) is 14.2. The van der Waals surface area contributed by atoms with Crippen LogP contribution in [-0.2, 0) is 11.2 Å². The molecule has 0 aliphatic heterocycles. The van der Waals surface area contributed by atoms with E-state index in [0.717, 1.165) is 42.1 Å². The fourth-order valence-corrected chi connectivity index (χ4v) is 2.86. The predicted molar refractivity (Wildman–Crippen MR) is 80.3 cm³/mol. The van der Waals surface area contributed by atoms with E-state index in [9.17, 15) is 0 Å². The van der Waals surface area contributed by atoms with Gasteiger partial charge in [-0.2, -0.15) is 0 Å². The minimum Gasteiger partial charge on any atom is -0.385 e. The Hall–Kier alpha value is -1.23. The van der Waals surface area contributed by atoms with Gasteiger partial charge in [-0.15, -0.1) is 11.3 Å². The zero-order valence-electron chi connectivity index (χ0n) is 11.2. The van der Waals surface area contributed by atoms with Gasteiger partial charge in [0.2, 0.25) is 0 Å². The summed E-state index contributed by atoms with van der Waals surface area (Å²) in [6.45, 7) is 0.779. The number of ether oxygens (including phenoxy) is 1. The number of methoxy groups -OCH3 is 1. The van der Waals surface area contributed by atoms with Crippen molar-refractivity contribution in [2.24, 2.45) is 5.73 Å². The Balaban J connectivity index is 1.91. The zero-order valence-corrected chi connectivity index (χ0v) is 12.0. The predicted octanol–water partition coefficient (Wildman–Crippen LogP) is 3.11. The van der Waals surface area contributed by atoms with Gasteiger partial charge in [-0.3, -0.25) is 0 Å². The maximum atomic E-state index is 6.11. The molecule has 0 spiro atoms. The van der Waals surface area contributed by atoms with Crippen LogP contribution in [-0.4, -0.2) is 24.7 Å². The highest BCUT2D eigenvalue weighted by Crippen LogP contribution is 2.22. The van der Waals surface area contributed by atoms with Crippen LogP contribution in [0.3, 0.4) is 0 Å². The number of hydrogen-bond donors (Lipinski definition) is 1. The zero-order chi connectivity index (χ0) is 13.5. The molecule has 19 heavy (non-hydrogen) atoms. The molecular weight excluding hydrogens is 256 g/mol. The Labute approximate surface area is 118 Å². The monoisotopic (exact) mass is 276 g/mol. The van der Waals surface area contributed by atoms with Gasteiger partial charge in [0, 0.05) is 37.1 Å². The lowest BCUT2D eigenvalue weighted by atomic mass is 10.1. The highest BCUT2D eigenvalue weighted by Gasteiger charge is 2.09. The summed E-state index contributed by atoms with van der Waals surface area (Å²) < 4.78 is 5.04. The van der Waals surface area contributed by atoms with E-state index in [4.69, 9.17) is 10.5 Å². The van der Waals surface area contributed by atoms with Crippen LogP contribution in [0.15, 0.2) is 35.7 Å². The Morgan fingerprint density at radius 1 is 1.32 bits per heavy atom. The molecule has 4 heteroatoms. The summed E-state index contributed by atoms with van der Waals surface area (Å²) in [5.41, 5.74) is 8.32. The van der Waals surface area contributed by atoms with Gasteiger partial charge in [0.1, 0.15) is 0 Å². The molecule has 0 saturated carbocycles. The number of thiazole rings is 1. The summed E-state index contributed by atoms with van der Waals surface area (Å²) in [4.78, 5) is 4.66. The van der Waals surface area contributed by atoms with Crippen LogP contribution in [0, 0.1) is 0 Å². The lowest BCUT2D eigenvalue weighted by molar-refractivity contribution is 0.190. The van der Waals surface area contributed by atoms with Crippen molar-refractivity contribution in [1.82, 2.24) is 4.98 Å². The summed E-state index contributed by atoms with van der Waals surface area (Å²) in [6, 6.07) is 10.4. The van der Waals surface area contributed by atoms with Crippen molar-refractivity contribution in [2.75, 3.05) is 13.7 Å². The summed E-state index contributed by atoms with van der Waals surface area (Å²) >= 11 is 1.69. The van der Waals surface area contributed by atoms with E-state index in [1.165, 1.54) is 0 Å². The first-order valence-electron chi connectivity index (χ1n) is 6.54. The van der Waals surface area contributed by atoms with Crippen molar-refractivity contribution in [2.45, 2.75) is 25.3 Å². The first-order valence-corrected chi connectivity index (χ1v) is 7.42. The Morgan fingerprint density at radius 3 is 2.84 bits per heavy atom. The summed E-state index contributed by atoms with van der Waals surface area (Å²) in [7, 11) is 1.72. The second kappa shape index (κ2) is 7.38. The van der Waals surface area contributed by atoms with Crippen molar-refractivity contribution in [3.63, 3.8) is 0 Å². The molecule has 0 fully saturated rings. The maximum absolute atomic E-state index is 6.11. The molecule has 2 aromatic rings. The average Bonchev–Trinajstić information content (AvgIpc) is 2.88. The summed E-state index contributed by atoms with van der Waals surface area (Å²) in [5.74, 6) is 0. The van der Waals surface area contributed by atoms with Crippen molar-refractivity contribution in [1.29, 1.82) is 0 Å². The fraction of sp³-hybridized carbons (Fsp3) is 0.400. The van der Waals surface area contributed by atoms with Gasteiger partial charge < -0.3 is 10.5 Å². The van der Waals surface area contributed by atoms with Crippen LogP contribution >= 0.6 is 11.3 Å². The van der Waals surface area contributed by atoms with Crippen LogP contribution in [0.5, 0.6) is 0 Å². The highest BCUT2D eigenvalue weighted by atomic mass is 32.1. The van der Waals surface area contributed by atoms with Gasteiger partial charge in [0.25, 0.3) is 0 Å². The molecule has 0 aliphatic carbocycles. The number of aromatic nitrogens is 1. The Kier molecular flexibility index (Phi) is 5.51. The third kappa shape index (κ3) is 4.42. The van der Waals surface area contributed by atoms with Gasteiger partial charge in [0.05, 0.1) is 10.7 Å². The third-order valence-electron chi connectivity index (χ3n) is 2.98. The van der Waals surface area contributed by atoms with Crippen LogP contribution in [0.2, 0.25) is 0 Å². The van der Waals surface area contributed by atoms with E-state index >= 15 is 0 Å². The Morgan fingerprint density at radius 2 is 2.11 bits per heavy atom. The molecule has 1 aromatic carbocycles. The largest absolute Gasteiger partial charge is 0.385 e. The molecule has 102 valence electrons. The van der Waals surface area contributed by atoms with Gasteiger partial charge in [-0.05, 0) is 12.8 Å². The maximum Gasteiger partial charge on any atom is 0.0948 e. The molecule has 0 amide bonds. The number of benzene rings is 1. The van der Waals surface area contributed by atoms with E-state index < -0.39 is 0 Å². The summed E-state index contributed by atoms with van der Waals surface area (Å²) in [6.07, 6.45) is 2.84. The molecular formula is C15H20N2OS. The number of rotatable bonds is 7. The lowest BCUT2D eigenvalue weighted by Crippen LogP contribution is -2.23. The number of nitrogens with zero attached hydrogens (tertiary/aromatic N) is 1. The second-order valence-corrected chi connectivity index (χ2v) is 5.53. The molecule has 1 unspecified atom stereocenters. The molecule has 0 aliphatic rings. The van der Waals surface area contributed by atoms with E-state index in [2.05, 4.69) is 22.5 Å². The van der Waals surface area contributed by atoms with Crippen LogP contribution in [0.4, 0.5) is 0 Å². The molecule has 1 aromatic heterocycles. The van der Waals surface area contributed by atoms with Crippen molar-refractivity contribution < 1.29 is 4.74 Å². The van der Waals surface area contributed by atoms with E-state index in [1.54, 1.807) is 18.4 Å². The topological polar surface area (TPSA) is 48.1 Å². The fourth-order valence-electron chi connectivity index (χ4n) is 1.96. The molecule has 1 atom stereocenters. The molecule has 3 nitrogen and oxygen atoms in total. The van der Waals surface area contributed by atoms with Gasteiger partial charge in [0.15, 0.2) is 0 Å². The minimum absolute atomic E-state index is 0.171. The van der Waals surface area contributed by atoms with Crippen LogP contribution in [0.25, 0.3) is 11.3 Å². The first-order chi connectivity index (χ1) is 9.29. The van der Waals surface area contributed by atoms with Crippen molar-refractivity contribution >= 4 is 11.3 Å². The molecule has 0 saturated heterocycles. The SMILES string of the molecule is COCCCC(N)Cc1nc(-c2ccccc2)cs1. The lowest BCUT2D eigenvalue weighted by Gasteiger charge is -2.08. The van der Waals surface area contributed by atoms with Gasteiger partial charge in [-0.25, -0.2) is 4.98 Å². The average molecular weight is 276 g/mol. The van der Waals surface area contributed by atoms with E-state index in [0.29, 0.717) is 0 Å². The number of hydrogen-bond acceptors (Lipinski definition) is 4. The van der Waals surface area contributed by atoms with Crippen LogP contribution in [0.1, 0.15) is 17.8 Å². The normalized spacial score (nSPS) is 12.5. The van der Waals surface area contributed by atoms with Crippen molar-refractivity contribution in [3.05, 3.63) is 40.7 Å². The number of nitrogens with two attached hydrogens (primary N) is 1. The second-order valence-electron chi connectivity index (χ2n) is 4.59. The molecule has 0 radical (unpaired) electrons.